The summed E-state index contributed by atoms with van der Waals surface area (Å²) in [6.07, 6.45) is 2.57. The zero-order valence-electron chi connectivity index (χ0n) is 15.6. The number of ether oxygens (including phenoxy) is 1. The van der Waals surface area contributed by atoms with Crippen LogP contribution in [0, 0.1) is 5.82 Å². The lowest BCUT2D eigenvalue weighted by molar-refractivity contribution is 0.0744. The third kappa shape index (κ3) is 3.16. The summed E-state index contributed by atoms with van der Waals surface area (Å²) < 4.78 is 18.8. The monoisotopic (exact) mass is 381 g/mol. The molecule has 0 aromatic carbocycles. The highest BCUT2D eigenvalue weighted by Crippen LogP contribution is 2.37. The number of amides is 1. The van der Waals surface area contributed by atoms with E-state index in [1.165, 1.54) is 6.07 Å². The summed E-state index contributed by atoms with van der Waals surface area (Å²) in [7, 11) is 0. The van der Waals surface area contributed by atoms with Gasteiger partial charge in [-0.25, -0.2) is 14.4 Å². The highest BCUT2D eigenvalue weighted by Gasteiger charge is 2.26. The van der Waals surface area contributed by atoms with Crippen molar-refractivity contribution in [3.05, 3.63) is 58.9 Å². The summed E-state index contributed by atoms with van der Waals surface area (Å²) in [5.41, 5.74) is 9.44. The van der Waals surface area contributed by atoms with E-state index in [-0.39, 0.29) is 18.6 Å². The number of nitrogens with two attached hydrogens (primary N) is 1. The van der Waals surface area contributed by atoms with Crippen molar-refractivity contribution >= 4 is 22.6 Å². The third-order valence-corrected chi connectivity index (χ3v) is 4.96. The Bertz CT molecular complexity index is 1050. The predicted molar refractivity (Wildman–Crippen MR) is 102 cm³/mol. The van der Waals surface area contributed by atoms with E-state index < -0.39 is 5.82 Å². The van der Waals surface area contributed by atoms with Crippen LogP contribution >= 0.6 is 0 Å². The van der Waals surface area contributed by atoms with Gasteiger partial charge in [0.25, 0.3) is 5.91 Å². The van der Waals surface area contributed by atoms with Crippen molar-refractivity contribution in [2.75, 3.05) is 12.3 Å². The van der Waals surface area contributed by atoms with E-state index in [0.717, 1.165) is 22.7 Å². The van der Waals surface area contributed by atoms with Crippen molar-refractivity contribution in [3.63, 3.8) is 0 Å². The molecule has 8 heteroatoms. The van der Waals surface area contributed by atoms with E-state index in [1.807, 2.05) is 13.8 Å². The van der Waals surface area contributed by atoms with Gasteiger partial charge in [0.15, 0.2) is 0 Å². The van der Waals surface area contributed by atoms with Crippen molar-refractivity contribution in [2.45, 2.75) is 33.1 Å². The lowest BCUT2D eigenvalue weighted by Gasteiger charge is -2.20. The predicted octanol–water partition coefficient (Wildman–Crippen LogP) is 3.00. The van der Waals surface area contributed by atoms with Gasteiger partial charge < -0.3 is 15.4 Å². The maximum Gasteiger partial charge on any atom is 0.272 e. The zero-order valence-corrected chi connectivity index (χ0v) is 15.6. The second kappa shape index (κ2) is 7.12. The summed E-state index contributed by atoms with van der Waals surface area (Å²) in [6, 6.07) is 4.64. The molecule has 0 saturated carbocycles. The maximum atomic E-state index is 13.1. The van der Waals surface area contributed by atoms with Crippen LogP contribution < -0.4 is 5.73 Å². The van der Waals surface area contributed by atoms with Crippen molar-refractivity contribution in [1.29, 1.82) is 0 Å². The van der Waals surface area contributed by atoms with Gasteiger partial charge in [-0.1, -0.05) is 0 Å². The normalized spacial score (nSPS) is 15.6. The third-order valence-electron chi connectivity index (χ3n) is 4.96. The number of nitrogens with zero attached hydrogens (tertiary/aromatic N) is 4. The largest absolute Gasteiger partial charge is 0.383 e. The Morgan fingerprint density at radius 2 is 2.18 bits per heavy atom. The molecule has 3 aromatic rings. The van der Waals surface area contributed by atoms with Gasteiger partial charge in [-0.05, 0) is 37.6 Å². The van der Waals surface area contributed by atoms with Crippen LogP contribution in [0.5, 0.6) is 0 Å². The number of nitrogen functional groups attached to an aromatic ring is 1. The second-order valence-corrected chi connectivity index (χ2v) is 6.72. The molecule has 0 spiro atoms. The fourth-order valence-corrected chi connectivity index (χ4v) is 3.47. The summed E-state index contributed by atoms with van der Waals surface area (Å²) in [6.45, 7) is 4.97. The van der Waals surface area contributed by atoms with Crippen LogP contribution in [0.2, 0.25) is 0 Å². The van der Waals surface area contributed by atoms with Gasteiger partial charge in [-0.3, -0.25) is 9.78 Å². The van der Waals surface area contributed by atoms with Crippen LogP contribution in [0.1, 0.15) is 47.3 Å². The highest BCUT2D eigenvalue weighted by atomic mass is 19.1. The van der Waals surface area contributed by atoms with E-state index in [4.69, 9.17) is 10.5 Å². The molecule has 0 saturated heterocycles. The number of carbonyl (C=O) groups is 1. The molecule has 28 heavy (non-hydrogen) atoms. The van der Waals surface area contributed by atoms with Crippen molar-refractivity contribution in [1.82, 2.24) is 19.9 Å². The topological polar surface area (TPSA) is 94.2 Å². The number of halogens is 1. The van der Waals surface area contributed by atoms with Crippen LogP contribution in [0.4, 0.5) is 10.2 Å². The van der Waals surface area contributed by atoms with Crippen molar-refractivity contribution in [2.24, 2.45) is 0 Å². The first-order valence-electron chi connectivity index (χ1n) is 9.07. The van der Waals surface area contributed by atoms with Gasteiger partial charge in [0.1, 0.15) is 17.3 Å². The molecule has 7 nitrogen and oxygen atoms in total. The molecule has 4 rings (SSSR count). The molecule has 0 radical (unpaired) electrons. The first-order chi connectivity index (χ1) is 13.5. The molecule has 1 atom stereocenters. The molecule has 0 unspecified atom stereocenters. The average Bonchev–Trinajstić information content (AvgIpc) is 3.09. The Morgan fingerprint density at radius 1 is 1.36 bits per heavy atom. The number of hydrogen-bond donors (Lipinski definition) is 1. The number of anilines is 1. The van der Waals surface area contributed by atoms with E-state index in [0.29, 0.717) is 35.9 Å². The Kier molecular flexibility index (Phi) is 4.64. The first-order valence-corrected chi connectivity index (χ1v) is 9.07. The van der Waals surface area contributed by atoms with Crippen LogP contribution in [0.25, 0.3) is 10.9 Å². The highest BCUT2D eigenvalue weighted by molar-refractivity contribution is 5.97. The van der Waals surface area contributed by atoms with Gasteiger partial charge in [0.2, 0.25) is 0 Å². The van der Waals surface area contributed by atoms with Crippen molar-refractivity contribution < 1.29 is 13.9 Å². The van der Waals surface area contributed by atoms with E-state index >= 15 is 0 Å². The summed E-state index contributed by atoms with van der Waals surface area (Å²) in [5, 5.41) is 0.822. The average molecular weight is 381 g/mol. The minimum Gasteiger partial charge on any atom is -0.383 e. The molecule has 0 bridgehead atoms. The lowest BCUT2D eigenvalue weighted by atomic mass is 10.0. The van der Waals surface area contributed by atoms with Crippen LogP contribution in [0.15, 0.2) is 30.6 Å². The quantitative estimate of drug-likeness (QED) is 0.747. The molecule has 1 aliphatic heterocycles. The first kappa shape index (κ1) is 18.2. The lowest BCUT2D eigenvalue weighted by Crippen LogP contribution is -2.31. The number of hydrogen-bond acceptors (Lipinski definition) is 6. The van der Waals surface area contributed by atoms with Gasteiger partial charge in [-0.15, -0.1) is 0 Å². The molecule has 0 aliphatic carbocycles. The minimum absolute atomic E-state index is 0.129. The Labute approximate surface area is 161 Å². The molecular weight excluding hydrogens is 361 g/mol. The number of carbonyl (C=O) groups excluding carboxylic acids is 1. The van der Waals surface area contributed by atoms with Gasteiger partial charge in [0.05, 0.1) is 42.9 Å². The van der Waals surface area contributed by atoms with E-state index in [9.17, 15) is 9.18 Å². The Balaban J connectivity index is 1.68. The van der Waals surface area contributed by atoms with Gasteiger partial charge >= 0.3 is 0 Å². The summed E-state index contributed by atoms with van der Waals surface area (Å²) >= 11 is 0. The number of fused-ring (bicyclic) bond motifs is 3. The summed E-state index contributed by atoms with van der Waals surface area (Å²) in [5.74, 6) is -0.203. The van der Waals surface area contributed by atoms with Crippen molar-refractivity contribution in [3.8, 4) is 0 Å². The fourth-order valence-electron chi connectivity index (χ4n) is 3.47. The number of pyridine rings is 3. The van der Waals surface area contributed by atoms with E-state index in [2.05, 4.69) is 15.0 Å². The van der Waals surface area contributed by atoms with Gasteiger partial charge in [-0.2, -0.15) is 0 Å². The zero-order chi connectivity index (χ0) is 19.8. The van der Waals surface area contributed by atoms with Crippen LogP contribution in [-0.4, -0.2) is 32.3 Å². The Hall–Kier alpha value is -3.13. The summed E-state index contributed by atoms with van der Waals surface area (Å²) in [4.78, 5) is 27.3. The van der Waals surface area contributed by atoms with Crippen LogP contribution in [0.3, 0.4) is 0 Å². The molecular formula is C20H20FN5O2. The number of aromatic nitrogens is 3. The van der Waals surface area contributed by atoms with E-state index in [1.54, 1.807) is 23.2 Å². The Morgan fingerprint density at radius 3 is 2.89 bits per heavy atom. The molecule has 2 N–H and O–H groups in total. The van der Waals surface area contributed by atoms with Gasteiger partial charge in [0, 0.05) is 17.5 Å². The molecule has 144 valence electrons. The number of rotatable bonds is 4. The fraction of sp³-hybridized carbons (Fsp3) is 0.300. The molecule has 1 aliphatic rings. The molecule has 1 amide bonds. The standard InChI is InChI=1S/C20H20FN5O2/c1-3-26(9-13-5-4-12(21)7-23-13)20(27)16-6-14-15-10-28-11(2)18(15)19(22)25-17(14)8-24-16/h4-8,11H,3,9-10H2,1-2H3,(H2,22,25)/t11-/m1/s1. The minimum atomic E-state index is -0.411. The maximum absolute atomic E-state index is 13.1. The molecule has 0 fully saturated rings. The molecule has 3 aromatic heterocycles. The molecule has 4 heterocycles. The SMILES string of the molecule is CCN(Cc1ccc(F)cn1)C(=O)c1cc2c3c(c(N)nc2cn1)[C@@H](C)OC3. The van der Waals surface area contributed by atoms with Crippen LogP contribution in [-0.2, 0) is 17.9 Å². The smallest absolute Gasteiger partial charge is 0.272 e. The second-order valence-electron chi connectivity index (χ2n) is 6.72.